The standard InChI is InChI=1S/C7H12N2.2CH4/c1-3-7-8-4-2-6-9(7)5-1;;/h1-6H2;2*1H4. The highest BCUT2D eigenvalue weighted by molar-refractivity contribution is 5.84. The highest BCUT2D eigenvalue weighted by Gasteiger charge is 2.19. The Bertz CT molecular complexity index is 140. The van der Waals surface area contributed by atoms with Gasteiger partial charge in [-0.1, -0.05) is 14.9 Å². The molecule has 0 unspecified atom stereocenters. The van der Waals surface area contributed by atoms with Crippen LogP contribution in [-0.4, -0.2) is 30.4 Å². The van der Waals surface area contributed by atoms with Gasteiger partial charge in [0.2, 0.25) is 0 Å². The van der Waals surface area contributed by atoms with Crippen molar-refractivity contribution < 1.29 is 0 Å². The molecule has 2 heteroatoms. The van der Waals surface area contributed by atoms with E-state index in [0.717, 1.165) is 6.54 Å². The molecule has 66 valence electrons. The average Bonchev–Trinajstić information content (AvgIpc) is 2.33. The molecule has 0 atom stereocenters. The van der Waals surface area contributed by atoms with Crippen molar-refractivity contribution in [1.29, 1.82) is 0 Å². The predicted molar refractivity (Wildman–Crippen MR) is 51.2 cm³/mol. The Morgan fingerprint density at radius 3 is 2.55 bits per heavy atom. The molecule has 0 aliphatic carbocycles. The lowest BCUT2D eigenvalue weighted by Crippen LogP contribution is -2.29. The number of amidine groups is 1. The van der Waals surface area contributed by atoms with Crippen molar-refractivity contribution in [3.63, 3.8) is 0 Å². The molecular weight excluding hydrogens is 136 g/mol. The summed E-state index contributed by atoms with van der Waals surface area (Å²) in [6.07, 6.45) is 3.84. The second-order valence-corrected chi connectivity index (χ2v) is 2.74. The van der Waals surface area contributed by atoms with E-state index in [0.29, 0.717) is 0 Å². The summed E-state index contributed by atoms with van der Waals surface area (Å²) in [6.45, 7) is 3.60. The Labute approximate surface area is 70.3 Å². The minimum absolute atomic E-state index is 0. The molecule has 0 aromatic rings. The average molecular weight is 156 g/mol. The van der Waals surface area contributed by atoms with Gasteiger partial charge in [0.25, 0.3) is 0 Å². The fourth-order valence-corrected chi connectivity index (χ4v) is 1.60. The number of nitrogens with zero attached hydrogens (tertiary/aromatic N) is 2. The number of hydrogen-bond acceptors (Lipinski definition) is 2. The second-order valence-electron chi connectivity index (χ2n) is 2.74. The first-order valence-corrected chi connectivity index (χ1v) is 3.75. The lowest BCUT2D eigenvalue weighted by atomic mass is 10.3. The van der Waals surface area contributed by atoms with Crippen molar-refractivity contribution >= 4 is 5.84 Å². The van der Waals surface area contributed by atoms with Gasteiger partial charge < -0.3 is 4.90 Å². The maximum absolute atomic E-state index is 4.43. The molecule has 0 saturated carbocycles. The zero-order valence-electron chi connectivity index (χ0n) is 5.64. The molecule has 2 heterocycles. The van der Waals surface area contributed by atoms with Crippen LogP contribution in [0.4, 0.5) is 0 Å². The van der Waals surface area contributed by atoms with Gasteiger partial charge in [0, 0.05) is 26.1 Å². The quantitative estimate of drug-likeness (QED) is 0.524. The Kier molecular flexibility index (Phi) is 4.16. The molecule has 1 fully saturated rings. The van der Waals surface area contributed by atoms with Crippen LogP contribution in [-0.2, 0) is 0 Å². The molecule has 0 bridgehead atoms. The monoisotopic (exact) mass is 156 g/mol. The third kappa shape index (κ3) is 1.95. The van der Waals surface area contributed by atoms with Crippen LogP contribution in [0.5, 0.6) is 0 Å². The Balaban J connectivity index is 0.000000500. The SMILES string of the molecule is C.C.C1CN=C2CCCN2C1. The Morgan fingerprint density at radius 1 is 1.09 bits per heavy atom. The maximum Gasteiger partial charge on any atom is 0.0989 e. The summed E-state index contributed by atoms with van der Waals surface area (Å²) in [5.41, 5.74) is 0. The van der Waals surface area contributed by atoms with Gasteiger partial charge in [-0.2, -0.15) is 0 Å². The van der Waals surface area contributed by atoms with Gasteiger partial charge in [-0.15, -0.1) is 0 Å². The van der Waals surface area contributed by atoms with Crippen LogP contribution in [0.3, 0.4) is 0 Å². The van der Waals surface area contributed by atoms with Crippen LogP contribution in [0.1, 0.15) is 34.1 Å². The minimum Gasteiger partial charge on any atom is -0.360 e. The molecule has 0 aromatic heterocycles. The van der Waals surface area contributed by atoms with Crippen molar-refractivity contribution in [2.24, 2.45) is 4.99 Å². The van der Waals surface area contributed by atoms with Crippen LogP contribution < -0.4 is 0 Å². The van der Waals surface area contributed by atoms with Crippen LogP contribution >= 0.6 is 0 Å². The summed E-state index contributed by atoms with van der Waals surface area (Å²) in [7, 11) is 0. The van der Waals surface area contributed by atoms with E-state index in [9.17, 15) is 0 Å². The van der Waals surface area contributed by atoms with Gasteiger partial charge in [-0.25, -0.2) is 0 Å². The first-order valence-electron chi connectivity index (χ1n) is 3.75. The fraction of sp³-hybridized carbons (Fsp3) is 0.889. The molecular formula is C9H20N2. The van der Waals surface area contributed by atoms with Crippen LogP contribution in [0.25, 0.3) is 0 Å². The molecule has 2 nitrogen and oxygen atoms in total. The summed E-state index contributed by atoms with van der Waals surface area (Å²) in [4.78, 5) is 6.85. The highest BCUT2D eigenvalue weighted by Crippen LogP contribution is 2.14. The van der Waals surface area contributed by atoms with Gasteiger partial charge >= 0.3 is 0 Å². The van der Waals surface area contributed by atoms with Gasteiger partial charge in [-0.3, -0.25) is 4.99 Å². The molecule has 0 radical (unpaired) electrons. The van der Waals surface area contributed by atoms with E-state index in [4.69, 9.17) is 0 Å². The van der Waals surface area contributed by atoms with E-state index < -0.39 is 0 Å². The summed E-state index contributed by atoms with van der Waals surface area (Å²) >= 11 is 0. The van der Waals surface area contributed by atoms with Gasteiger partial charge in [0.15, 0.2) is 0 Å². The first-order chi connectivity index (χ1) is 4.47. The minimum atomic E-state index is 0. The van der Waals surface area contributed by atoms with Crippen molar-refractivity contribution in [1.82, 2.24) is 4.90 Å². The number of fused-ring (bicyclic) bond motifs is 1. The lowest BCUT2D eigenvalue weighted by Gasteiger charge is -2.21. The van der Waals surface area contributed by atoms with E-state index >= 15 is 0 Å². The van der Waals surface area contributed by atoms with Gasteiger partial charge in [0.1, 0.15) is 0 Å². The molecule has 1 saturated heterocycles. The van der Waals surface area contributed by atoms with Crippen molar-refractivity contribution in [2.75, 3.05) is 19.6 Å². The largest absolute Gasteiger partial charge is 0.360 e. The lowest BCUT2D eigenvalue weighted by molar-refractivity contribution is 0.427. The topological polar surface area (TPSA) is 15.6 Å². The van der Waals surface area contributed by atoms with Crippen molar-refractivity contribution in [3.8, 4) is 0 Å². The third-order valence-electron chi connectivity index (χ3n) is 2.07. The molecule has 0 amide bonds. The predicted octanol–water partition coefficient (Wildman–Crippen LogP) is 2.16. The molecule has 0 N–H and O–H groups in total. The third-order valence-corrected chi connectivity index (χ3v) is 2.07. The van der Waals surface area contributed by atoms with Gasteiger partial charge in [0.05, 0.1) is 5.84 Å². The summed E-state index contributed by atoms with van der Waals surface area (Å²) < 4.78 is 0. The molecule has 0 spiro atoms. The van der Waals surface area contributed by atoms with E-state index in [-0.39, 0.29) is 14.9 Å². The van der Waals surface area contributed by atoms with Crippen molar-refractivity contribution in [3.05, 3.63) is 0 Å². The van der Waals surface area contributed by atoms with E-state index in [1.165, 1.54) is 38.2 Å². The molecule has 0 aromatic carbocycles. The molecule has 2 aliphatic rings. The summed E-state index contributed by atoms with van der Waals surface area (Å²) in [5, 5.41) is 0. The highest BCUT2D eigenvalue weighted by atomic mass is 15.2. The summed E-state index contributed by atoms with van der Waals surface area (Å²) in [5.74, 6) is 1.38. The van der Waals surface area contributed by atoms with Crippen LogP contribution in [0.2, 0.25) is 0 Å². The molecule has 2 rings (SSSR count). The Morgan fingerprint density at radius 2 is 1.82 bits per heavy atom. The van der Waals surface area contributed by atoms with Crippen LogP contribution in [0.15, 0.2) is 4.99 Å². The van der Waals surface area contributed by atoms with Crippen LogP contribution in [0, 0.1) is 0 Å². The zero-order chi connectivity index (χ0) is 6.10. The van der Waals surface area contributed by atoms with E-state index in [2.05, 4.69) is 9.89 Å². The van der Waals surface area contributed by atoms with E-state index in [1.54, 1.807) is 0 Å². The zero-order valence-corrected chi connectivity index (χ0v) is 5.64. The van der Waals surface area contributed by atoms with Crippen molar-refractivity contribution in [2.45, 2.75) is 34.1 Å². The second kappa shape index (κ2) is 4.37. The Hall–Kier alpha value is -0.530. The fourth-order valence-electron chi connectivity index (χ4n) is 1.60. The van der Waals surface area contributed by atoms with Gasteiger partial charge in [-0.05, 0) is 12.8 Å². The summed E-state index contributed by atoms with van der Waals surface area (Å²) in [6, 6.07) is 0. The number of rotatable bonds is 0. The van der Waals surface area contributed by atoms with E-state index in [1.807, 2.05) is 0 Å². The smallest absolute Gasteiger partial charge is 0.0989 e. The normalized spacial score (nSPS) is 21.1. The molecule has 2 aliphatic heterocycles. The first kappa shape index (κ1) is 10.5. The number of hydrogen-bond donors (Lipinski definition) is 0. The number of aliphatic imine (C=N–C) groups is 1. The maximum atomic E-state index is 4.43. The molecule has 11 heavy (non-hydrogen) atoms.